The average Bonchev–Trinajstić information content (AvgIpc) is 2.58. The standard InChI is InChI=1S/C9H13N5/c1-13(2)6-7-14-9-8(11-12-14)4-3-5-10-9/h3-5H,6-7H2,1-2H3. The highest BCUT2D eigenvalue weighted by Gasteiger charge is 2.03. The van der Waals surface area contributed by atoms with Gasteiger partial charge in [-0.1, -0.05) is 5.21 Å². The van der Waals surface area contributed by atoms with Gasteiger partial charge in [0.15, 0.2) is 5.65 Å². The third-order valence-electron chi connectivity index (χ3n) is 2.03. The van der Waals surface area contributed by atoms with Crippen LogP contribution in [0, 0.1) is 0 Å². The molecule has 14 heavy (non-hydrogen) atoms. The van der Waals surface area contributed by atoms with Gasteiger partial charge >= 0.3 is 0 Å². The van der Waals surface area contributed by atoms with Crippen molar-refractivity contribution >= 4 is 11.2 Å². The summed E-state index contributed by atoms with van der Waals surface area (Å²) in [5, 5.41) is 8.07. The molecular formula is C9H13N5. The van der Waals surface area contributed by atoms with Crippen LogP contribution in [-0.2, 0) is 6.54 Å². The van der Waals surface area contributed by atoms with Crippen molar-refractivity contribution in [1.82, 2.24) is 24.9 Å². The second kappa shape index (κ2) is 3.71. The van der Waals surface area contributed by atoms with Gasteiger partial charge in [-0.05, 0) is 26.2 Å². The molecule has 0 radical (unpaired) electrons. The first kappa shape index (κ1) is 9.08. The molecule has 0 fully saturated rings. The number of pyridine rings is 1. The van der Waals surface area contributed by atoms with E-state index in [1.807, 2.05) is 30.9 Å². The van der Waals surface area contributed by atoms with E-state index < -0.39 is 0 Å². The first-order chi connectivity index (χ1) is 6.77. The highest BCUT2D eigenvalue weighted by Crippen LogP contribution is 2.05. The first-order valence-electron chi connectivity index (χ1n) is 4.56. The Morgan fingerprint density at radius 3 is 3.07 bits per heavy atom. The third kappa shape index (κ3) is 1.72. The maximum atomic E-state index is 4.24. The molecule has 0 spiro atoms. The molecule has 0 saturated carbocycles. The summed E-state index contributed by atoms with van der Waals surface area (Å²) in [4.78, 5) is 6.35. The number of hydrogen-bond donors (Lipinski definition) is 0. The molecule has 0 unspecified atom stereocenters. The van der Waals surface area contributed by atoms with Crippen LogP contribution < -0.4 is 0 Å². The number of rotatable bonds is 3. The summed E-state index contributed by atoms with van der Waals surface area (Å²) < 4.78 is 1.83. The van der Waals surface area contributed by atoms with Crippen LogP contribution in [0.1, 0.15) is 0 Å². The summed E-state index contributed by atoms with van der Waals surface area (Å²) in [6.45, 7) is 1.76. The van der Waals surface area contributed by atoms with Gasteiger partial charge in [0.25, 0.3) is 0 Å². The van der Waals surface area contributed by atoms with Gasteiger partial charge in [-0.3, -0.25) is 0 Å². The summed E-state index contributed by atoms with van der Waals surface area (Å²) >= 11 is 0. The Labute approximate surface area is 82.3 Å². The highest BCUT2D eigenvalue weighted by atomic mass is 15.4. The third-order valence-corrected chi connectivity index (χ3v) is 2.03. The molecule has 0 N–H and O–H groups in total. The van der Waals surface area contributed by atoms with Crippen LogP contribution in [0.15, 0.2) is 18.3 Å². The van der Waals surface area contributed by atoms with Crippen LogP contribution in [0.5, 0.6) is 0 Å². The van der Waals surface area contributed by atoms with Gasteiger partial charge in [0.2, 0.25) is 0 Å². The molecule has 5 nitrogen and oxygen atoms in total. The summed E-state index contributed by atoms with van der Waals surface area (Å²) in [5.74, 6) is 0. The molecule has 0 aliphatic rings. The monoisotopic (exact) mass is 191 g/mol. The Morgan fingerprint density at radius 1 is 1.43 bits per heavy atom. The Hall–Kier alpha value is -1.49. The Kier molecular flexibility index (Phi) is 2.41. The van der Waals surface area contributed by atoms with Crippen LogP contribution in [-0.4, -0.2) is 45.5 Å². The zero-order valence-electron chi connectivity index (χ0n) is 8.38. The SMILES string of the molecule is CN(C)CCn1nnc2cccnc21. The minimum atomic E-state index is 0.820. The lowest BCUT2D eigenvalue weighted by molar-refractivity contribution is 0.373. The van der Waals surface area contributed by atoms with Crippen molar-refractivity contribution in [3.8, 4) is 0 Å². The molecule has 0 amide bonds. The smallest absolute Gasteiger partial charge is 0.178 e. The van der Waals surface area contributed by atoms with Crippen molar-refractivity contribution in [3.63, 3.8) is 0 Å². The van der Waals surface area contributed by atoms with Crippen molar-refractivity contribution in [1.29, 1.82) is 0 Å². The van der Waals surface area contributed by atoms with E-state index in [-0.39, 0.29) is 0 Å². The predicted molar refractivity (Wildman–Crippen MR) is 53.9 cm³/mol. The summed E-state index contributed by atoms with van der Waals surface area (Å²) in [5.41, 5.74) is 1.71. The maximum Gasteiger partial charge on any atom is 0.178 e. The minimum Gasteiger partial charge on any atom is -0.308 e. The van der Waals surface area contributed by atoms with E-state index in [1.165, 1.54) is 0 Å². The molecule has 2 rings (SSSR count). The van der Waals surface area contributed by atoms with Crippen molar-refractivity contribution in [3.05, 3.63) is 18.3 Å². The van der Waals surface area contributed by atoms with Gasteiger partial charge in [0, 0.05) is 12.7 Å². The van der Waals surface area contributed by atoms with Crippen LogP contribution in [0.25, 0.3) is 11.2 Å². The van der Waals surface area contributed by atoms with Crippen LogP contribution in [0.2, 0.25) is 0 Å². The van der Waals surface area contributed by atoms with Crippen molar-refractivity contribution in [2.75, 3.05) is 20.6 Å². The molecule has 2 heterocycles. The lowest BCUT2D eigenvalue weighted by Crippen LogP contribution is -2.19. The van der Waals surface area contributed by atoms with Gasteiger partial charge in [0.05, 0.1) is 6.54 Å². The molecular weight excluding hydrogens is 178 g/mol. The van der Waals surface area contributed by atoms with Gasteiger partial charge in [0.1, 0.15) is 5.52 Å². The number of fused-ring (bicyclic) bond motifs is 1. The molecule has 0 aromatic carbocycles. The molecule has 0 aliphatic carbocycles. The van der Waals surface area contributed by atoms with E-state index in [2.05, 4.69) is 20.2 Å². The van der Waals surface area contributed by atoms with Crippen molar-refractivity contribution in [2.45, 2.75) is 6.54 Å². The van der Waals surface area contributed by atoms with Crippen molar-refractivity contribution < 1.29 is 0 Å². The number of nitrogens with zero attached hydrogens (tertiary/aromatic N) is 5. The zero-order valence-corrected chi connectivity index (χ0v) is 8.38. The Balaban J connectivity index is 2.25. The van der Waals surface area contributed by atoms with Crippen LogP contribution >= 0.6 is 0 Å². The maximum absolute atomic E-state index is 4.24. The van der Waals surface area contributed by atoms with E-state index in [1.54, 1.807) is 6.20 Å². The second-order valence-corrected chi connectivity index (χ2v) is 3.46. The number of likely N-dealkylation sites (N-methyl/N-ethyl adjacent to an activating group) is 1. The topological polar surface area (TPSA) is 46.8 Å². The van der Waals surface area contributed by atoms with Crippen molar-refractivity contribution in [2.24, 2.45) is 0 Å². The fourth-order valence-electron chi connectivity index (χ4n) is 1.26. The van der Waals surface area contributed by atoms with E-state index >= 15 is 0 Å². The van der Waals surface area contributed by atoms with E-state index in [4.69, 9.17) is 0 Å². The van der Waals surface area contributed by atoms with Crippen LogP contribution in [0.3, 0.4) is 0 Å². The molecule has 0 saturated heterocycles. The molecule has 5 heteroatoms. The van der Waals surface area contributed by atoms with Gasteiger partial charge < -0.3 is 4.90 Å². The normalized spacial score (nSPS) is 11.4. The zero-order chi connectivity index (χ0) is 9.97. The fraction of sp³-hybridized carbons (Fsp3) is 0.444. The van der Waals surface area contributed by atoms with E-state index in [0.29, 0.717) is 0 Å². The quantitative estimate of drug-likeness (QED) is 0.704. The number of hydrogen-bond acceptors (Lipinski definition) is 4. The molecule has 74 valence electrons. The fourth-order valence-corrected chi connectivity index (χ4v) is 1.26. The highest BCUT2D eigenvalue weighted by molar-refractivity contribution is 5.68. The van der Waals surface area contributed by atoms with Gasteiger partial charge in [-0.15, -0.1) is 5.10 Å². The Bertz CT molecular complexity index is 420. The lowest BCUT2D eigenvalue weighted by atomic mass is 10.4. The van der Waals surface area contributed by atoms with Crippen LogP contribution in [0.4, 0.5) is 0 Å². The van der Waals surface area contributed by atoms with Gasteiger partial charge in [-0.2, -0.15) is 0 Å². The molecule has 0 bridgehead atoms. The van der Waals surface area contributed by atoms with E-state index in [9.17, 15) is 0 Å². The summed E-state index contributed by atoms with van der Waals surface area (Å²) in [7, 11) is 4.07. The lowest BCUT2D eigenvalue weighted by Gasteiger charge is -2.08. The molecule has 0 atom stereocenters. The summed E-state index contributed by atoms with van der Waals surface area (Å²) in [6, 6.07) is 3.79. The largest absolute Gasteiger partial charge is 0.308 e. The first-order valence-corrected chi connectivity index (χ1v) is 4.56. The molecule has 2 aromatic heterocycles. The minimum absolute atomic E-state index is 0.820. The Morgan fingerprint density at radius 2 is 2.29 bits per heavy atom. The van der Waals surface area contributed by atoms with E-state index in [0.717, 1.165) is 24.3 Å². The predicted octanol–water partition coefficient (Wildman–Crippen LogP) is 0.388. The number of aromatic nitrogens is 4. The molecule has 0 aliphatic heterocycles. The average molecular weight is 191 g/mol. The second-order valence-electron chi connectivity index (χ2n) is 3.46. The summed E-state index contributed by atoms with van der Waals surface area (Å²) in [6.07, 6.45) is 1.76. The van der Waals surface area contributed by atoms with Gasteiger partial charge in [-0.25, -0.2) is 9.67 Å². The molecule has 2 aromatic rings.